The first-order valence-corrected chi connectivity index (χ1v) is 9.10. The van der Waals surface area contributed by atoms with Crippen molar-refractivity contribution in [3.63, 3.8) is 0 Å². The number of carbonyl (C=O) groups is 1. The number of hydrogen-bond donors (Lipinski definition) is 0. The molecule has 2 aromatic rings. The second-order valence-electron chi connectivity index (χ2n) is 7.08. The Labute approximate surface area is 155 Å². The molecular weight excluding hydrogens is 326 g/mol. The number of anilines is 1. The van der Waals surface area contributed by atoms with Crippen LogP contribution in [0.3, 0.4) is 0 Å². The summed E-state index contributed by atoms with van der Waals surface area (Å²) in [6.07, 6.45) is 2.60. The molecule has 0 spiro atoms. The van der Waals surface area contributed by atoms with Crippen molar-refractivity contribution in [1.82, 2.24) is 20.0 Å². The highest BCUT2D eigenvalue weighted by Gasteiger charge is 2.15. The Morgan fingerprint density at radius 2 is 1.69 bits per heavy atom. The summed E-state index contributed by atoms with van der Waals surface area (Å²) in [6, 6.07) is 12.2. The van der Waals surface area contributed by atoms with E-state index >= 15 is 0 Å². The van der Waals surface area contributed by atoms with E-state index in [1.807, 2.05) is 13.1 Å². The van der Waals surface area contributed by atoms with E-state index in [9.17, 15) is 4.79 Å². The van der Waals surface area contributed by atoms with Crippen LogP contribution in [0.2, 0.25) is 0 Å². The first-order chi connectivity index (χ1) is 12.5. The van der Waals surface area contributed by atoms with Crippen LogP contribution in [0.15, 0.2) is 36.4 Å². The molecule has 1 aromatic heterocycles. The van der Waals surface area contributed by atoms with E-state index in [1.54, 1.807) is 20.2 Å². The van der Waals surface area contributed by atoms with E-state index in [1.165, 1.54) is 42.0 Å². The largest absolute Gasteiger partial charge is 0.354 e. The lowest BCUT2D eigenvalue weighted by Crippen LogP contribution is -2.25. The van der Waals surface area contributed by atoms with Crippen molar-refractivity contribution in [2.75, 3.05) is 39.1 Å². The normalized spacial score (nSPS) is 14.4. The SMILES string of the molecule is CN(C)C(=O)c1ccc(N(C)Cc2ccccc2CN2CCCC2)nn1. The number of amides is 1. The highest BCUT2D eigenvalue weighted by Crippen LogP contribution is 2.19. The summed E-state index contributed by atoms with van der Waals surface area (Å²) in [5, 5.41) is 8.31. The van der Waals surface area contributed by atoms with Gasteiger partial charge in [0, 0.05) is 34.2 Å². The molecule has 0 N–H and O–H groups in total. The zero-order valence-corrected chi connectivity index (χ0v) is 15.9. The highest BCUT2D eigenvalue weighted by molar-refractivity contribution is 5.91. The fraction of sp³-hybridized carbons (Fsp3) is 0.450. The van der Waals surface area contributed by atoms with Gasteiger partial charge in [0.1, 0.15) is 0 Å². The maximum Gasteiger partial charge on any atom is 0.273 e. The van der Waals surface area contributed by atoms with E-state index in [0.29, 0.717) is 5.69 Å². The molecule has 0 bridgehead atoms. The van der Waals surface area contributed by atoms with Crippen LogP contribution in [0.4, 0.5) is 5.82 Å². The molecule has 1 aromatic carbocycles. The summed E-state index contributed by atoms with van der Waals surface area (Å²) in [4.78, 5) is 18.0. The zero-order chi connectivity index (χ0) is 18.5. The molecule has 0 aliphatic carbocycles. The molecular formula is C20H27N5O. The molecule has 1 amide bonds. The number of carbonyl (C=O) groups excluding carboxylic acids is 1. The molecule has 138 valence electrons. The second-order valence-corrected chi connectivity index (χ2v) is 7.08. The smallest absolute Gasteiger partial charge is 0.273 e. The maximum atomic E-state index is 11.9. The summed E-state index contributed by atoms with van der Waals surface area (Å²) < 4.78 is 0. The molecule has 2 heterocycles. The Morgan fingerprint density at radius 3 is 2.31 bits per heavy atom. The number of hydrogen-bond acceptors (Lipinski definition) is 5. The van der Waals surface area contributed by atoms with Gasteiger partial charge in [-0.3, -0.25) is 9.69 Å². The van der Waals surface area contributed by atoms with Crippen molar-refractivity contribution in [2.24, 2.45) is 0 Å². The highest BCUT2D eigenvalue weighted by atomic mass is 16.2. The molecule has 0 unspecified atom stereocenters. The third kappa shape index (κ3) is 4.38. The standard InChI is InChI=1S/C20H27N5O/c1-23(2)20(26)18-10-11-19(22-21-18)24(3)14-16-8-4-5-9-17(16)15-25-12-6-7-13-25/h4-5,8-11H,6-7,12-15H2,1-3H3. The molecule has 0 saturated carbocycles. The van der Waals surface area contributed by atoms with E-state index in [2.05, 4.69) is 44.3 Å². The topological polar surface area (TPSA) is 52.6 Å². The Bertz CT molecular complexity index is 738. The van der Waals surface area contributed by atoms with Crippen LogP contribution in [0.1, 0.15) is 34.5 Å². The number of benzene rings is 1. The van der Waals surface area contributed by atoms with Gasteiger partial charge in [0.25, 0.3) is 5.91 Å². The van der Waals surface area contributed by atoms with E-state index < -0.39 is 0 Å². The summed E-state index contributed by atoms with van der Waals surface area (Å²) in [7, 11) is 5.42. The van der Waals surface area contributed by atoms with Crippen LogP contribution >= 0.6 is 0 Å². The van der Waals surface area contributed by atoms with Crippen molar-refractivity contribution in [2.45, 2.75) is 25.9 Å². The molecule has 6 nitrogen and oxygen atoms in total. The summed E-state index contributed by atoms with van der Waals surface area (Å²) in [6.45, 7) is 4.15. The van der Waals surface area contributed by atoms with Gasteiger partial charge in [-0.25, -0.2) is 0 Å². The zero-order valence-electron chi connectivity index (χ0n) is 15.9. The third-order valence-electron chi connectivity index (χ3n) is 4.79. The molecule has 1 saturated heterocycles. The van der Waals surface area contributed by atoms with Crippen LogP contribution in [0, 0.1) is 0 Å². The minimum atomic E-state index is -0.136. The fourth-order valence-corrected chi connectivity index (χ4v) is 3.26. The monoisotopic (exact) mass is 353 g/mol. The molecule has 26 heavy (non-hydrogen) atoms. The second kappa shape index (κ2) is 8.27. The maximum absolute atomic E-state index is 11.9. The number of aromatic nitrogens is 2. The molecule has 1 fully saturated rings. The van der Waals surface area contributed by atoms with Crippen LogP contribution in [-0.2, 0) is 13.1 Å². The van der Waals surface area contributed by atoms with E-state index in [4.69, 9.17) is 0 Å². The Morgan fingerprint density at radius 1 is 1.00 bits per heavy atom. The summed E-state index contributed by atoms with van der Waals surface area (Å²) in [5.74, 6) is 0.624. The van der Waals surface area contributed by atoms with Crippen molar-refractivity contribution < 1.29 is 4.79 Å². The lowest BCUT2D eigenvalue weighted by molar-refractivity contribution is 0.0821. The first-order valence-electron chi connectivity index (χ1n) is 9.10. The number of nitrogens with zero attached hydrogens (tertiary/aromatic N) is 5. The number of rotatable bonds is 6. The van der Waals surface area contributed by atoms with Crippen LogP contribution in [-0.4, -0.2) is 60.1 Å². The van der Waals surface area contributed by atoms with Crippen LogP contribution < -0.4 is 4.90 Å². The molecule has 1 aliphatic rings. The van der Waals surface area contributed by atoms with Gasteiger partial charge in [0.15, 0.2) is 11.5 Å². The van der Waals surface area contributed by atoms with Gasteiger partial charge >= 0.3 is 0 Å². The van der Waals surface area contributed by atoms with Gasteiger partial charge in [0.05, 0.1) is 0 Å². The molecule has 1 aliphatic heterocycles. The van der Waals surface area contributed by atoms with Gasteiger partial charge in [0.2, 0.25) is 0 Å². The lowest BCUT2D eigenvalue weighted by Gasteiger charge is -2.22. The summed E-state index contributed by atoms with van der Waals surface area (Å²) >= 11 is 0. The van der Waals surface area contributed by atoms with Gasteiger partial charge in [-0.15, -0.1) is 10.2 Å². The minimum absolute atomic E-state index is 0.136. The predicted molar refractivity (Wildman–Crippen MR) is 103 cm³/mol. The Kier molecular flexibility index (Phi) is 5.83. The number of likely N-dealkylation sites (tertiary alicyclic amines) is 1. The molecule has 0 atom stereocenters. The fourth-order valence-electron chi connectivity index (χ4n) is 3.26. The average molecular weight is 353 g/mol. The van der Waals surface area contributed by atoms with Crippen molar-refractivity contribution in [1.29, 1.82) is 0 Å². The first kappa shape index (κ1) is 18.3. The Balaban J connectivity index is 1.69. The summed E-state index contributed by atoms with van der Waals surface area (Å²) in [5.41, 5.74) is 3.03. The van der Waals surface area contributed by atoms with Gasteiger partial charge in [-0.1, -0.05) is 24.3 Å². The minimum Gasteiger partial charge on any atom is -0.354 e. The predicted octanol–water partition coefficient (Wildman–Crippen LogP) is 2.41. The van der Waals surface area contributed by atoms with Crippen LogP contribution in [0.25, 0.3) is 0 Å². The molecule has 6 heteroatoms. The molecule has 3 rings (SSSR count). The van der Waals surface area contributed by atoms with E-state index in [-0.39, 0.29) is 5.91 Å². The average Bonchev–Trinajstić information content (AvgIpc) is 3.16. The van der Waals surface area contributed by atoms with Gasteiger partial charge in [-0.2, -0.15) is 0 Å². The van der Waals surface area contributed by atoms with E-state index in [0.717, 1.165) is 18.9 Å². The van der Waals surface area contributed by atoms with Gasteiger partial charge in [-0.05, 0) is 49.2 Å². The van der Waals surface area contributed by atoms with Crippen LogP contribution in [0.5, 0.6) is 0 Å². The van der Waals surface area contributed by atoms with Crippen molar-refractivity contribution in [3.8, 4) is 0 Å². The lowest BCUT2D eigenvalue weighted by atomic mass is 10.1. The Hall–Kier alpha value is -2.47. The third-order valence-corrected chi connectivity index (χ3v) is 4.79. The molecule has 0 radical (unpaired) electrons. The van der Waals surface area contributed by atoms with Crippen molar-refractivity contribution in [3.05, 3.63) is 53.2 Å². The quantitative estimate of drug-likeness (QED) is 0.798. The van der Waals surface area contributed by atoms with Crippen molar-refractivity contribution >= 4 is 11.7 Å². The van der Waals surface area contributed by atoms with Gasteiger partial charge < -0.3 is 9.80 Å².